The zero-order chi connectivity index (χ0) is 17.8. The predicted octanol–water partition coefficient (Wildman–Crippen LogP) is -0.579. The van der Waals surface area contributed by atoms with Gasteiger partial charge in [0.25, 0.3) is 0 Å². The summed E-state index contributed by atoms with van der Waals surface area (Å²) >= 11 is 0. The van der Waals surface area contributed by atoms with Crippen LogP contribution >= 0.6 is 0 Å². The molecular weight excluding hydrogens is 322 g/mol. The molecule has 0 N–H and O–H groups in total. The molecule has 0 spiro atoms. The molecule has 2 aliphatic rings. The minimum Gasteiger partial charge on any atom is -0.353 e. The molecule has 1 aromatic rings. The molecule has 1 aromatic heterocycles. The van der Waals surface area contributed by atoms with Crippen LogP contribution < -0.4 is 4.90 Å². The van der Waals surface area contributed by atoms with Crippen molar-refractivity contribution in [3.8, 4) is 0 Å². The smallest absolute Gasteiger partial charge is 0.312 e. The summed E-state index contributed by atoms with van der Waals surface area (Å²) in [6.45, 7) is 5.66. The van der Waals surface area contributed by atoms with Crippen LogP contribution in [0.5, 0.6) is 0 Å². The Hall–Kier alpha value is -2.64. The van der Waals surface area contributed by atoms with E-state index in [-0.39, 0.29) is 5.91 Å². The van der Waals surface area contributed by atoms with Gasteiger partial charge in [-0.2, -0.15) is 0 Å². The lowest BCUT2D eigenvalue weighted by atomic mass is 10.2. The summed E-state index contributed by atoms with van der Waals surface area (Å²) < 4.78 is 0. The van der Waals surface area contributed by atoms with E-state index in [2.05, 4.69) is 9.88 Å². The molecule has 3 heterocycles. The first kappa shape index (κ1) is 17.2. The van der Waals surface area contributed by atoms with Crippen molar-refractivity contribution >= 4 is 23.5 Å². The Kier molecular flexibility index (Phi) is 5.16. The van der Waals surface area contributed by atoms with Crippen LogP contribution in [0.15, 0.2) is 24.4 Å². The van der Waals surface area contributed by atoms with Crippen LogP contribution in [0.2, 0.25) is 0 Å². The second-order valence-electron chi connectivity index (χ2n) is 6.27. The molecule has 3 rings (SSSR count). The van der Waals surface area contributed by atoms with Crippen molar-refractivity contribution in [1.29, 1.82) is 0 Å². The zero-order valence-corrected chi connectivity index (χ0v) is 14.4. The number of aromatic nitrogens is 1. The molecule has 0 bridgehead atoms. The summed E-state index contributed by atoms with van der Waals surface area (Å²) in [7, 11) is 0. The molecule has 2 fully saturated rings. The molecule has 0 radical (unpaired) electrons. The predicted molar refractivity (Wildman–Crippen MR) is 91.9 cm³/mol. The van der Waals surface area contributed by atoms with E-state index >= 15 is 0 Å². The Balaban J connectivity index is 1.51. The monoisotopic (exact) mass is 345 g/mol. The average molecular weight is 345 g/mol. The van der Waals surface area contributed by atoms with Gasteiger partial charge in [-0.15, -0.1) is 0 Å². The maximum absolute atomic E-state index is 12.5. The van der Waals surface area contributed by atoms with Crippen LogP contribution in [0, 0.1) is 0 Å². The van der Waals surface area contributed by atoms with Gasteiger partial charge in [-0.1, -0.05) is 6.07 Å². The third-order valence-corrected chi connectivity index (χ3v) is 4.74. The summed E-state index contributed by atoms with van der Waals surface area (Å²) in [5.74, 6) is -0.0169. The highest BCUT2D eigenvalue weighted by Gasteiger charge is 2.31. The molecule has 0 aliphatic carbocycles. The maximum Gasteiger partial charge on any atom is 0.312 e. The molecule has 0 atom stereocenters. The Morgan fingerprint density at radius 2 is 1.32 bits per heavy atom. The number of hydrogen-bond acceptors (Lipinski definition) is 5. The highest BCUT2D eigenvalue weighted by Crippen LogP contribution is 2.13. The van der Waals surface area contributed by atoms with Gasteiger partial charge in [0.2, 0.25) is 5.91 Å². The summed E-state index contributed by atoms with van der Waals surface area (Å²) in [6.07, 6.45) is 1.75. The zero-order valence-electron chi connectivity index (χ0n) is 14.4. The molecular formula is C17H23N5O3. The fraction of sp³-hybridized carbons (Fsp3) is 0.529. The number of piperazine rings is 2. The third-order valence-electron chi connectivity index (χ3n) is 4.74. The van der Waals surface area contributed by atoms with E-state index in [1.165, 1.54) is 6.92 Å². The Bertz CT molecular complexity index is 635. The molecule has 0 aromatic carbocycles. The van der Waals surface area contributed by atoms with Crippen molar-refractivity contribution in [2.24, 2.45) is 0 Å². The average Bonchev–Trinajstić information content (AvgIpc) is 2.67. The van der Waals surface area contributed by atoms with E-state index in [0.29, 0.717) is 52.4 Å². The van der Waals surface area contributed by atoms with Crippen LogP contribution in [0.4, 0.5) is 5.82 Å². The molecule has 0 saturated carbocycles. The van der Waals surface area contributed by atoms with Crippen LogP contribution in [0.25, 0.3) is 0 Å². The number of rotatable bonds is 1. The lowest BCUT2D eigenvalue weighted by molar-refractivity contribution is -0.153. The first-order chi connectivity index (χ1) is 12.1. The first-order valence-electron chi connectivity index (χ1n) is 8.56. The molecule has 2 aliphatic heterocycles. The lowest BCUT2D eigenvalue weighted by Crippen LogP contribution is -2.57. The van der Waals surface area contributed by atoms with Gasteiger partial charge < -0.3 is 19.6 Å². The summed E-state index contributed by atoms with van der Waals surface area (Å²) in [5.41, 5.74) is 0. The van der Waals surface area contributed by atoms with E-state index in [4.69, 9.17) is 0 Å². The van der Waals surface area contributed by atoms with Gasteiger partial charge in [-0.05, 0) is 12.1 Å². The fourth-order valence-electron chi connectivity index (χ4n) is 3.17. The van der Waals surface area contributed by atoms with Crippen LogP contribution in [-0.2, 0) is 14.4 Å². The van der Waals surface area contributed by atoms with E-state index in [9.17, 15) is 14.4 Å². The normalized spacial score (nSPS) is 18.3. The first-order valence-corrected chi connectivity index (χ1v) is 8.56. The van der Waals surface area contributed by atoms with Crippen molar-refractivity contribution < 1.29 is 14.4 Å². The topological polar surface area (TPSA) is 77.1 Å². The van der Waals surface area contributed by atoms with Gasteiger partial charge >= 0.3 is 11.8 Å². The number of carbonyl (C=O) groups excluding carboxylic acids is 3. The van der Waals surface area contributed by atoms with E-state index < -0.39 is 11.8 Å². The van der Waals surface area contributed by atoms with Gasteiger partial charge in [0.05, 0.1) is 0 Å². The molecule has 25 heavy (non-hydrogen) atoms. The van der Waals surface area contributed by atoms with E-state index in [1.807, 2.05) is 18.2 Å². The number of pyridine rings is 1. The third kappa shape index (κ3) is 3.89. The summed E-state index contributed by atoms with van der Waals surface area (Å²) in [4.78, 5) is 47.5. The van der Waals surface area contributed by atoms with Gasteiger partial charge in [-0.25, -0.2) is 4.98 Å². The Morgan fingerprint density at radius 3 is 1.80 bits per heavy atom. The minimum absolute atomic E-state index is 0.00377. The number of carbonyl (C=O) groups is 3. The summed E-state index contributed by atoms with van der Waals surface area (Å²) in [5, 5.41) is 0. The van der Waals surface area contributed by atoms with Crippen LogP contribution in [0.1, 0.15) is 6.92 Å². The molecule has 2 saturated heterocycles. The number of hydrogen-bond donors (Lipinski definition) is 0. The van der Waals surface area contributed by atoms with Crippen LogP contribution in [0.3, 0.4) is 0 Å². The highest BCUT2D eigenvalue weighted by atomic mass is 16.2. The van der Waals surface area contributed by atoms with Gasteiger partial charge in [0.1, 0.15) is 5.82 Å². The van der Waals surface area contributed by atoms with Crippen molar-refractivity contribution in [2.75, 3.05) is 57.3 Å². The van der Waals surface area contributed by atoms with Gasteiger partial charge in [-0.3, -0.25) is 14.4 Å². The fourth-order valence-corrected chi connectivity index (χ4v) is 3.17. The van der Waals surface area contributed by atoms with Crippen molar-refractivity contribution in [1.82, 2.24) is 19.7 Å². The SMILES string of the molecule is CC(=O)N1CCN(C(=O)C(=O)N2CCN(c3ccccn3)CC2)CC1. The van der Waals surface area contributed by atoms with Crippen LogP contribution in [-0.4, -0.2) is 89.8 Å². The van der Waals surface area contributed by atoms with Gasteiger partial charge in [0.15, 0.2) is 0 Å². The molecule has 134 valence electrons. The second kappa shape index (κ2) is 7.50. The molecule has 0 unspecified atom stereocenters. The van der Waals surface area contributed by atoms with Crippen molar-refractivity contribution in [3.63, 3.8) is 0 Å². The van der Waals surface area contributed by atoms with E-state index in [1.54, 1.807) is 20.9 Å². The largest absolute Gasteiger partial charge is 0.353 e. The lowest BCUT2D eigenvalue weighted by Gasteiger charge is -2.37. The number of anilines is 1. The molecule has 8 heteroatoms. The standard InChI is InChI=1S/C17H23N5O3/c1-14(23)19-6-10-21(11-7-19)16(24)17(25)22-12-8-20(9-13-22)15-4-2-3-5-18-15/h2-5H,6-13H2,1H3. The Labute approximate surface area is 147 Å². The molecule has 3 amide bonds. The van der Waals surface area contributed by atoms with Gasteiger partial charge in [0, 0.05) is 65.5 Å². The quantitative estimate of drug-likeness (QED) is 0.637. The second-order valence-corrected chi connectivity index (χ2v) is 6.27. The minimum atomic E-state index is -0.463. The van der Waals surface area contributed by atoms with E-state index in [0.717, 1.165) is 5.82 Å². The van der Waals surface area contributed by atoms with Crippen molar-refractivity contribution in [2.45, 2.75) is 6.92 Å². The maximum atomic E-state index is 12.5. The summed E-state index contributed by atoms with van der Waals surface area (Å²) in [6, 6.07) is 5.75. The molecule has 8 nitrogen and oxygen atoms in total. The van der Waals surface area contributed by atoms with Crippen molar-refractivity contribution in [3.05, 3.63) is 24.4 Å². The number of nitrogens with zero attached hydrogens (tertiary/aromatic N) is 5. The highest BCUT2D eigenvalue weighted by molar-refractivity contribution is 6.35. The Morgan fingerprint density at radius 1 is 0.800 bits per heavy atom. The number of amides is 3.